The third-order valence-electron chi connectivity index (χ3n) is 4.35. The van der Waals surface area contributed by atoms with Crippen LogP contribution in [-0.2, 0) is 11.3 Å². The van der Waals surface area contributed by atoms with Crippen molar-refractivity contribution in [3.05, 3.63) is 71.6 Å². The van der Waals surface area contributed by atoms with Crippen LogP contribution >= 0.6 is 0 Å². The molecule has 2 amide bonds. The summed E-state index contributed by atoms with van der Waals surface area (Å²) >= 11 is 0. The van der Waals surface area contributed by atoms with Gasteiger partial charge < -0.3 is 15.0 Å². The highest BCUT2D eigenvalue weighted by Crippen LogP contribution is 2.16. The van der Waals surface area contributed by atoms with E-state index < -0.39 is 17.6 Å². The number of benzene rings is 2. The van der Waals surface area contributed by atoms with Crippen molar-refractivity contribution in [3.63, 3.8) is 0 Å². The van der Waals surface area contributed by atoms with Gasteiger partial charge in [-0.3, -0.25) is 4.79 Å². The van der Waals surface area contributed by atoms with Crippen LogP contribution in [0.3, 0.4) is 0 Å². The Balaban J connectivity index is 1.69. The number of hydrogen-bond acceptors (Lipinski definition) is 5. The van der Waals surface area contributed by atoms with Gasteiger partial charge in [-0.25, -0.2) is 18.9 Å². The van der Waals surface area contributed by atoms with Crippen LogP contribution in [-0.4, -0.2) is 44.3 Å². The Labute approximate surface area is 186 Å². The summed E-state index contributed by atoms with van der Waals surface area (Å²) < 4.78 is 20.0. The maximum atomic E-state index is 13.2. The standard InChI is InChI=1S/C23H26FN5O3/c1-15-25-20(27-29(15)19-11-9-17(24)10-12-19)21(30)26-18-8-6-7-16(13-18)14-28(5)22(31)32-23(2,3)4/h6-13H,14H2,1-5H3,(H,26,30). The minimum absolute atomic E-state index is 0.0110. The molecule has 0 bridgehead atoms. The van der Waals surface area contributed by atoms with Crippen LogP contribution in [0.15, 0.2) is 48.5 Å². The summed E-state index contributed by atoms with van der Waals surface area (Å²) in [7, 11) is 1.65. The van der Waals surface area contributed by atoms with Crippen LogP contribution in [0.4, 0.5) is 14.9 Å². The maximum Gasteiger partial charge on any atom is 0.410 e. The molecule has 0 radical (unpaired) electrons. The van der Waals surface area contributed by atoms with Gasteiger partial charge in [0.2, 0.25) is 5.82 Å². The summed E-state index contributed by atoms with van der Waals surface area (Å²) in [5.74, 6) is -0.356. The van der Waals surface area contributed by atoms with E-state index in [9.17, 15) is 14.0 Å². The molecular weight excluding hydrogens is 413 g/mol. The van der Waals surface area contributed by atoms with Crippen LogP contribution in [0, 0.1) is 12.7 Å². The lowest BCUT2D eigenvalue weighted by molar-refractivity contribution is 0.0285. The first-order chi connectivity index (χ1) is 15.0. The van der Waals surface area contributed by atoms with Crippen LogP contribution in [0.5, 0.6) is 0 Å². The number of nitrogens with zero attached hydrogens (tertiary/aromatic N) is 4. The zero-order valence-electron chi connectivity index (χ0n) is 18.7. The van der Waals surface area contributed by atoms with E-state index in [1.807, 2.05) is 26.8 Å². The summed E-state index contributed by atoms with van der Waals surface area (Å²) in [5, 5.41) is 7.00. The first-order valence-electron chi connectivity index (χ1n) is 10.1. The Morgan fingerprint density at radius 1 is 1.16 bits per heavy atom. The van der Waals surface area contributed by atoms with E-state index in [0.717, 1.165) is 5.56 Å². The fourth-order valence-corrected chi connectivity index (χ4v) is 2.93. The van der Waals surface area contributed by atoms with Crippen LogP contribution in [0.2, 0.25) is 0 Å². The Morgan fingerprint density at radius 3 is 2.50 bits per heavy atom. The van der Waals surface area contributed by atoms with Crippen LogP contribution in [0.1, 0.15) is 42.8 Å². The van der Waals surface area contributed by atoms with Gasteiger partial charge in [0.15, 0.2) is 0 Å². The molecule has 0 fully saturated rings. The molecule has 32 heavy (non-hydrogen) atoms. The molecule has 8 nitrogen and oxygen atoms in total. The highest BCUT2D eigenvalue weighted by molar-refractivity contribution is 6.01. The minimum atomic E-state index is -0.580. The highest BCUT2D eigenvalue weighted by Gasteiger charge is 2.20. The number of halogens is 1. The predicted octanol–water partition coefficient (Wildman–Crippen LogP) is 4.33. The molecule has 3 aromatic rings. The van der Waals surface area contributed by atoms with Gasteiger partial charge in [-0.2, -0.15) is 0 Å². The molecule has 9 heteroatoms. The molecule has 0 unspecified atom stereocenters. The summed E-state index contributed by atoms with van der Waals surface area (Å²) in [6, 6.07) is 12.9. The molecule has 0 aliphatic rings. The number of rotatable bonds is 5. The number of aromatic nitrogens is 3. The predicted molar refractivity (Wildman–Crippen MR) is 118 cm³/mol. The monoisotopic (exact) mass is 439 g/mol. The van der Waals surface area contributed by atoms with E-state index in [-0.39, 0.29) is 11.6 Å². The van der Waals surface area contributed by atoms with E-state index in [4.69, 9.17) is 4.74 Å². The molecule has 0 aliphatic carbocycles. The van der Waals surface area contributed by atoms with Gasteiger partial charge in [0.05, 0.1) is 5.69 Å². The second kappa shape index (κ2) is 9.17. The normalized spacial score (nSPS) is 11.2. The lowest BCUT2D eigenvalue weighted by atomic mass is 10.2. The summed E-state index contributed by atoms with van der Waals surface area (Å²) in [6.07, 6.45) is -0.432. The van der Waals surface area contributed by atoms with Gasteiger partial charge >= 0.3 is 6.09 Å². The van der Waals surface area contributed by atoms with Crippen molar-refractivity contribution >= 4 is 17.7 Å². The lowest BCUT2D eigenvalue weighted by Gasteiger charge is -2.24. The number of nitrogens with one attached hydrogen (secondary N) is 1. The molecule has 0 spiro atoms. The van der Waals surface area contributed by atoms with Crippen molar-refractivity contribution in [3.8, 4) is 5.69 Å². The summed E-state index contributed by atoms with van der Waals surface area (Å²) in [6.45, 7) is 7.45. The largest absolute Gasteiger partial charge is 0.444 e. The molecule has 0 saturated carbocycles. The van der Waals surface area contributed by atoms with Crippen LogP contribution < -0.4 is 5.32 Å². The third-order valence-corrected chi connectivity index (χ3v) is 4.35. The Bertz CT molecular complexity index is 1120. The van der Waals surface area contributed by atoms with Crippen molar-refractivity contribution in [1.82, 2.24) is 19.7 Å². The molecule has 0 saturated heterocycles. The smallest absolute Gasteiger partial charge is 0.410 e. The van der Waals surface area contributed by atoms with E-state index in [2.05, 4.69) is 15.4 Å². The average molecular weight is 439 g/mol. The highest BCUT2D eigenvalue weighted by atomic mass is 19.1. The van der Waals surface area contributed by atoms with E-state index >= 15 is 0 Å². The third kappa shape index (κ3) is 5.90. The summed E-state index contributed by atoms with van der Waals surface area (Å²) in [5.41, 5.74) is 1.38. The topological polar surface area (TPSA) is 89.3 Å². The number of amides is 2. The van der Waals surface area contributed by atoms with Gasteiger partial charge in [0.1, 0.15) is 17.2 Å². The Kier molecular flexibility index (Phi) is 6.57. The van der Waals surface area contributed by atoms with Gasteiger partial charge in [0.25, 0.3) is 5.91 Å². The molecule has 1 heterocycles. The molecule has 3 rings (SSSR count). The van der Waals surface area contributed by atoms with Gasteiger partial charge in [-0.15, -0.1) is 5.10 Å². The van der Waals surface area contributed by atoms with Crippen LogP contribution in [0.25, 0.3) is 5.69 Å². The number of carbonyl (C=O) groups is 2. The van der Waals surface area contributed by atoms with E-state index in [0.29, 0.717) is 23.7 Å². The Hall–Kier alpha value is -3.75. The molecule has 1 N–H and O–H groups in total. The molecule has 168 valence electrons. The van der Waals surface area contributed by atoms with Crippen molar-refractivity contribution in [2.24, 2.45) is 0 Å². The average Bonchev–Trinajstić information content (AvgIpc) is 3.09. The lowest BCUT2D eigenvalue weighted by Crippen LogP contribution is -2.33. The maximum absolute atomic E-state index is 13.2. The molecule has 2 aromatic carbocycles. The zero-order valence-corrected chi connectivity index (χ0v) is 18.7. The van der Waals surface area contributed by atoms with Crippen molar-refractivity contribution in [2.75, 3.05) is 12.4 Å². The Morgan fingerprint density at radius 2 is 1.84 bits per heavy atom. The number of hydrogen-bond donors (Lipinski definition) is 1. The minimum Gasteiger partial charge on any atom is -0.444 e. The van der Waals surface area contributed by atoms with Crippen molar-refractivity contribution in [1.29, 1.82) is 0 Å². The van der Waals surface area contributed by atoms with Crippen molar-refractivity contribution in [2.45, 2.75) is 39.8 Å². The SMILES string of the molecule is Cc1nc(C(=O)Nc2cccc(CN(C)C(=O)OC(C)(C)C)c2)nn1-c1ccc(F)cc1. The molecule has 0 atom stereocenters. The quantitative estimate of drug-likeness (QED) is 0.639. The molecule has 1 aromatic heterocycles. The molecular formula is C23H26FN5O3. The fraction of sp³-hybridized carbons (Fsp3) is 0.304. The molecule has 0 aliphatic heterocycles. The van der Waals surface area contributed by atoms with Gasteiger partial charge in [-0.1, -0.05) is 12.1 Å². The first-order valence-corrected chi connectivity index (χ1v) is 10.1. The zero-order chi connectivity index (χ0) is 23.5. The second-order valence-electron chi connectivity index (χ2n) is 8.36. The number of ether oxygens (including phenoxy) is 1. The number of carbonyl (C=O) groups excluding carboxylic acids is 2. The van der Waals surface area contributed by atoms with E-state index in [1.54, 1.807) is 44.3 Å². The number of anilines is 1. The number of aryl methyl sites for hydroxylation is 1. The van der Waals surface area contributed by atoms with E-state index in [1.165, 1.54) is 21.7 Å². The first kappa shape index (κ1) is 22.9. The van der Waals surface area contributed by atoms with Gasteiger partial charge in [-0.05, 0) is 69.7 Å². The summed E-state index contributed by atoms with van der Waals surface area (Å²) in [4.78, 5) is 30.5. The van der Waals surface area contributed by atoms with Gasteiger partial charge in [0, 0.05) is 19.3 Å². The second-order valence-corrected chi connectivity index (χ2v) is 8.36. The fourth-order valence-electron chi connectivity index (χ4n) is 2.93. The van der Waals surface area contributed by atoms with Crippen molar-refractivity contribution < 1.29 is 18.7 Å².